The maximum atomic E-state index is 5.36. The minimum absolute atomic E-state index is 0.358. The van der Waals surface area contributed by atoms with Gasteiger partial charge in [-0.25, -0.2) is 4.99 Å². The van der Waals surface area contributed by atoms with Crippen molar-refractivity contribution in [2.24, 2.45) is 4.99 Å². The topological polar surface area (TPSA) is 93.2 Å². The zero-order valence-electron chi connectivity index (χ0n) is 16.7. The molecule has 0 aliphatic carbocycles. The molecule has 1 aliphatic rings. The van der Waals surface area contributed by atoms with Gasteiger partial charge >= 0.3 is 0 Å². The van der Waals surface area contributed by atoms with Gasteiger partial charge in [0.1, 0.15) is 18.2 Å². The van der Waals surface area contributed by atoms with Crippen LogP contribution in [0.3, 0.4) is 0 Å². The molecule has 0 fully saturated rings. The number of nitrogens with zero attached hydrogens (tertiary/aromatic N) is 5. The minimum Gasteiger partial charge on any atom is -0.359 e. The molecule has 8 nitrogen and oxygen atoms in total. The van der Waals surface area contributed by atoms with E-state index >= 15 is 0 Å². The summed E-state index contributed by atoms with van der Waals surface area (Å²) in [6.07, 6.45) is 5.58. The second-order valence-electron chi connectivity index (χ2n) is 7.24. The number of hydrogen-bond donors (Lipinski definition) is 2. The van der Waals surface area contributed by atoms with E-state index < -0.39 is 0 Å². The van der Waals surface area contributed by atoms with Gasteiger partial charge in [0.05, 0.1) is 5.69 Å². The fourth-order valence-electron chi connectivity index (χ4n) is 3.20. The molecule has 0 bridgehead atoms. The maximum Gasteiger partial charge on any atom is 0.191 e. The normalized spacial score (nSPS) is 14.9. The third kappa shape index (κ3) is 5.30. The number of fused-ring (bicyclic) bond motifs is 1. The Morgan fingerprint density at radius 1 is 1.26 bits per heavy atom. The lowest BCUT2D eigenvalue weighted by molar-refractivity contribution is 0.376. The van der Waals surface area contributed by atoms with Crippen molar-refractivity contribution >= 4 is 5.96 Å². The van der Waals surface area contributed by atoms with Gasteiger partial charge < -0.3 is 19.7 Å². The summed E-state index contributed by atoms with van der Waals surface area (Å²) >= 11 is 0. The summed E-state index contributed by atoms with van der Waals surface area (Å²) in [5.41, 5.74) is 0.964. The smallest absolute Gasteiger partial charge is 0.191 e. The highest BCUT2D eigenvalue weighted by Gasteiger charge is 2.14. The Kier molecular flexibility index (Phi) is 6.84. The number of aliphatic imine (C=N–C) groups is 1. The van der Waals surface area contributed by atoms with E-state index in [2.05, 4.69) is 56.3 Å². The van der Waals surface area contributed by atoms with E-state index in [1.165, 1.54) is 19.3 Å². The molecule has 0 spiro atoms. The molecule has 8 heteroatoms. The largest absolute Gasteiger partial charge is 0.359 e. The molecule has 0 radical (unpaired) electrons. The second-order valence-corrected chi connectivity index (χ2v) is 7.24. The summed E-state index contributed by atoms with van der Waals surface area (Å²) in [5, 5.41) is 19.5. The molecular weight excluding hydrogens is 342 g/mol. The van der Waals surface area contributed by atoms with E-state index in [0.29, 0.717) is 12.5 Å². The van der Waals surface area contributed by atoms with Crippen LogP contribution in [0.15, 0.2) is 15.6 Å². The van der Waals surface area contributed by atoms with E-state index in [0.717, 1.165) is 61.5 Å². The minimum atomic E-state index is 0.358. The van der Waals surface area contributed by atoms with Crippen LogP contribution in [0.2, 0.25) is 0 Å². The first-order valence-electron chi connectivity index (χ1n) is 10.1. The van der Waals surface area contributed by atoms with E-state index in [9.17, 15) is 0 Å². The molecule has 0 amide bonds. The van der Waals surface area contributed by atoms with Gasteiger partial charge in [-0.1, -0.05) is 25.4 Å². The highest BCUT2D eigenvalue weighted by atomic mass is 16.5. The van der Waals surface area contributed by atoms with Gasteiger partial charge in [-0.15, -0.1) is 10.2 Å². The molecule has 27 heavy (non-hydrogen) atoms. The number of aryl methyl sites for hydroxylation is 1. The highest BCUT2D eigenvalue weighted by molar-refractivity contribution is 5.79. The van der Waals surface area contributed by atoms with Gasteiger partial charge in [-0.05, 0) is 25.7 Å². The van der Waals surface area contributed by atoms with Crippen molar-refractivity contribution in [3.63, 3.8) is 0 Å². The summed E-state index contributed by atoms with van der Waals surface area (Å²) in [5.74, 6) is 4.10. The predicted molar refractivity (Wildman–Crippen MR) is 105 cm³/mol. The Balaban J connectivity index is 1.54. The zero-order valence-corrected chi connectivity index (χ0v) is 16.7. The van der Waals surface area contributed by atoms with Crippen LogP contribution in [0.4, 0.5) is 0 Å². The van der Waals surface area contributed by atoms with Gasteiger partial charge in [0.25, 0.3) is 0 Å². The fourth-order valence-corrected chi connectivity index (χ4v) is 3.20. The number of hydrogen-bond acceptors (Lipinski definition) is 5. The molecule has 2 aromatic heterocycles. The van der Waals surface area contributed by atoms with Crippen LogP contribution in [-0.4, -0.2) is 39.0 Å². The Bertz CT molecular complexity index is 747. The van der Waals surface area contributed by atoms with Crippen molar-refractivity contribution in [2.45, 2.75) is 71.9 Å². The van der Waals surface area contributed by atoms with Crippen LogP contribution >= 0.6 is 0 Å². The lowest BCUT2D eigenvalue weighted by Crippen LogP contribution is -2.38. The summed E-state index contributed by atoms with van der Waals surface area (Å²) < 4.78 is 7.65. The molecule has 3 rings (SSSR count). The van der Waals surface area contributed by atoms with E-state index in [4.69, 9.17) is 4.52 Å². The van der Waals surface area contributed by atoms with Crippen LogP contribution in [0.5, 0.6) is 0 Å². The van der Waals surface area contributed by atoms with Crippen molar-refractivity contribution in [3.05, 3.63) is 29.2 Å². The lowest BCUT2D eigenvalue weighted by atomic mass is 10.1. The molecule has 0 unspecified atom stereocenters. The Morgan fingerprint density at radius 3 is 2.93 bits per heavy atom. The van der Waals surface area contributed by atoms with E-state index in [1.54, 1.807) is 0 Å². The Morgan fingerprint density at radius 2 is 2.15 bits per heavy atom. The van der Waals surface area contributed by atoms with E-state index in [-0.39, 0.29) is 0 Å². The monoisotopic (exact) mass is 373 g/mol. The first kappa shape index (κ1) is 19.4. The number of guanidine groups is 1. The van der Waals surface area contributed by atoms with Gasteiger partial charge in [-0.2, -0.15) is 0 Å². The molecule has 0 saturated heterocycles. The first-order valence-corrected chi connectivity index (χ1v) is 10.1. The van der Waals surface area contributed by atoms with Crippen molar-refractivity contribution in [2.75, 3.05) is 13.1 Å². The van der Waals surface area contributed by atoms with Crippen molar-refractivity contribution in [1.82, 2.24) is 30.6 Å². The fraction of sp³-hybridized carbons (Fsp3) is 0.684. The lowest BCUT2D eigenvalue weighted by Gasteiger charge is -2.11. The van der Waals surface area contributed by atoms with Gasteiger partial charge in [0.15, 0.2) is 11.7 Å². The molecule has 0 atom stereocenters. The van der Waals surface area contributed by atoms with E-state index in [1.807, 2.05) is 6.07 Å². The SMILES string of the molecule is CCNC(=NCc1cc(C(C)C)no1)NCCc1nnc2n1CCCCC2. The molecule has 0 saturated carbocycles. The Labute approximate surface area is 160 Å². The van der Waals surface area contributed by atoms with Crippen LogP contribution in [0.25, 0.3) is 0 Å². The maximum absolute atomic E-state index is 5.36. The third-order valence-electron chi connectivity index (χ3n) is 4.73. The molecule has 2 aromatic rings. The first-order chi connectivity index (χ1) is 13.2. The van der Waals surface area contributed by atoms with Crippen molar-refractivity contribution in [1.29, 1.82) is 0 Å². The predicted octanol–water partition coefficient (Wildman–Crippen LogP) is 2.41. The second kappa shape index (κ2) is 9.53. The molecule has 148 valence electrons. The summed E-state index contributed by atoms with van der Waals surface area (Å²) in [7, 11) is 0. The van der Waals surface area contributed by atoms with Gasteiger partial charge in [-0.3, -0.25) is 0 Å². The van der Waals surface area contributed by atoms with Crippen molar-refractivity contribution < 1.29 is 4.52 Å². The molecular formula is C19H31N7O. The average molecular weight is 374 g/mol. The van der Waals surface area contributed by atoms with Crippen LogP contribution in [0.1, 0.15) is 69.1 Å². The standard InChI is InChI=1S/C19H31N7O/c1-4-20-19(22-13-15-12-16(14(2)3)25-27-15)21-10-9-18-24-23-17-8-6-5-7-11-26(17)18/h12,14H,4-11,13H2,1-3H3,(H2,20,21,22). The quantitative estimate of drug-likeness (QED) is 0.572. The van der Waals surface area contributed by atoms with Crippen LogP contribution < -0.4 is 10.6 Å². The number of aromatic nitrogens is 4. The zero-order chi connectivity index (χ0) is 19.1. The van der Waals surface area contributed by atoms with Gasteiger partial charge in [0.2, 0.25) is 0 Å². The molecule has 1 aliphatic heterocycles. The number of nitrogens with one attached hydrogen (secondary N) is 2. The summed E-state index contributed by atoms with van der Waals surface area (Å²) in [6, 6.07) is 1.98. The Hall–Kier alpha value is -2.38. The molecule has 2 N–H and O–H groups in total. The molecule has 0 aromatic carbocycles. The molecule has 3 heterocycles. The third-order valence-corrected chi connectivity index (χ3v) is 4.73. The van der Waals surface area contributed by atoms with Gasteiger partial charge in [0, 0.05) is 38.5 Å². The number of rotatable bonds is 7. The van der Waals surface area contributed by atoms with Crippen molar-refractivity contribution in [3.8, 4) is 0 Å². The van der Waals surface area contributed by atoms with Crippen LogP contribution in [0, 0.1) is 0 Å². The summed E-state index contributed by atoms with van der Waals surface area (Å²) in [6.45, 7) is 9.33. The highest BCUT2D eigenvalue weighted by Crippen LogP contribution is 2.15. The average Bonchev–Trinajstić information content (AvgIpc) is 3.21. The van der Waals surface area contributed by atoms with Crippen LogP contribution in [-0.2, 0) is 25.9 Å². The summed E-state index contributed by atoms with van der Waals surface area (Å²) in [4.78, 5) is 4.60.